The highest BCUT2D eigenvalue weighted by atomic mass is 16.2. The molecule has 0 unspecified atom stereocenters. The quantitative estimate of drug-likeness (QED) is 0.662. The predicted octanol–water partition coefficient (Wildman–Crippen LogP) is 0.660. The van der Waals surface area contributed by atoms with Gasteiger partial charge in [0.05, 0.1) is 0 Å². The molecule has 0 spiro atoms. The molecule has 14 heavy (non-hydrogen) atoms. The SMILES string of the molecule is CC(C)NC(=O)NCCc1ccn[nH]1. The number of aromatic nitrogens is 2. The summed E-state index contributed by atoms with van der Waals surface area (Å²) in [7, 11) is 0. The van der Waals surface area contributed by atoms with Gasteiger partial charge in [0.25, 0.3) is 0 Å². The van der Waals surface area contributed by atoms with Gasteiger partial charge in [0.2, 0.25) is 0 Å². The zero-order valence-electron chi connectivity index (χ0n) is 8.50. The maximum Gasteiger partial charge on any atom is 0.314 e. The summed E-state index contributed by atoms with van der Waals surface area (Å²) in [6.07, 6.45) is 2.47. The maximum atomic E-state index is 11.1. The number of carbonyl (C=O) groups is 1. The number of urea groups is 1. The molecule has 0 aromatic carbocycles. The number of nitrogens with one attached hydrogen (secondary N) is 3. The second kappa shape index (κ2) is 5.26. The number of rotatable bonds is 4. The summed E-state index contributed by atoms with van der Waals surface area (Å²) in [5.74, 6) is 0. The third-order valence-electron chi connectivity index (χ3n) is 1.66. The standard InChI is InChI=1S/C9H16N4O/c1-7(2)12-9(14)10-5-3-8-4-6-11-13-8/h4,6-7H,3,5H2,1-2H3,(H,11,13)(H2,10,12,14). The van der Waals surface area contributed by atoms with Crippen LogP contribution in [0.25, 0.3) is 0 Å². The Kier molecular flexibility index (Phi) is 3.97. The summed E-state index contributed by atoms with van der Waals surface area (Å²) in [5.41, 5.74) is 1.02. The Morgan fingerprint density at radius 3 is 3.00 bits per heavy atom. The lowest BCUT2D eigenvalue weighted by atomic mass is 10.3. The Morgan fingerprint density at radius 1 is 1.64 bits per heavy atom. The van der Waals surface area contributed by atoms with E-state index in [0.717, 1.165) is 12.1 Å². The van der Waals surface area contributed by atoms with Crippen LogP contribution in [0.4, 0.5) is 4.79 Å². The molecule has 0 saturated heterocycles. The molecule has 0 aliphatic carbocycles. The number of hydrogen-bond donors (Lipinski definition) is 3. The first-order valence-corrected chi connectivity index (χ1v) is 4.71. The minimum Gasteiger partial charge on any atom is -0.338 e. The molecule has 0 saturated carbocycles. The summed E-state index contributed by atoms with van der Waals surface area (Å²) in [4.78, 5) is 11.1. The highest BCUT2D eigenvalue weighted by molar-refractivity contribution is 5.74. The summed E-state index contributed by atoms with van der Waals surface area (Å²) in [6, 6.07) is 1.93. The van der Waals surface area contributed by atoms with Crippen LogP contribution in [0.5, 0.6) is 0 Å². The van der Waals surface area contributed by atoms with Crippen LogP contribution in [0.2, 0.25) is 0 Å². The molecule has 0 fully saturated rings. The van der Waals surface area contributed by atoms with Gasteiger partial charge >= 0.3 is 6.03 Å². The van der Waals surface area contributed by atoms with Gasteiger partial charge in [-0.1, -0.05) is 0 Å². The first-order valence-electron chi connectivity index (χ1n) is 4.71. The molecule has 0 bridgehead atoms. The molecule has 1 aromatic heterocycles. The summed E-state index contributed by atoms with van der Waals surface area (Å²) in [6.45, 7) is 4.46. The topological polar surface area (TPSA) is 69.8 Å². The van der Waals surface area contributed by atoms with Crippen LogP contribution < -0.4 is 10.6 Å². The highest BCUT2D eigenvalue weighted by Gasteiger charge is 2.01. The normalized spacial score (nSPS) is 10.2. The molecule has 0 aliphatic rings. The molecule has 1 aromatic rings. The monoisotopic (exact) mass is 196 g/mol. The van der Waals surface area contributed by atoms with Crippen LogP contribution in [0.1, 0.15) is 19.5 Å². The predicted molar refractivity (Wildman–Crippen MR) is 54.0 cm³/mol. The Labute approximate surface area is 83.3 Å². The molecule has 1 rings (SSSR count). The van der Waals surface area contributed by atoms with Crippen LogP contribution in [-0.4, -0.2) is 28.8 Å². The lowest BCUT2D eigenvalue weighted by molar-refractivity contribution is 0.238. The number of amides is 2. The zero-order valence-corrected chi connectivity index (χ0v) is 8.50. The first-order chi connectivity index (χ1) is 6.68. The van der Waals surface area contributed by atoms with Crippen molar-refractivity contribution in [3.05, 3.63) is 18.0 Å². The maximum absolute atomic E-state index is 11.1. The Bertz CT molecular complexity index is 268. The molecule has 0 radical (unpaired) electrons. The number of H-pyrrole nitrogens is 1. The minimum atomic E-state index is -0.125. The molecule has 1 heterocycles. The molecular weight excluding hydrogens is 180 g/mol. The van der Waals surface area contributed by atoms with E-state index in [1.54, 1.807) is 6.20 Å². The van der Waals surface area contributed by atoms with Crippen molar-refractivity contribution in [3.8, 4) is 0 Å². The fourth-order valence-corrected chi connectivity index (χ4v) is 1.05. The summed E-state index contributed by atoms with van der Waals surface area (Å²) >= 11 is 0. The molecule has 5 nitrogen and oxygen atoms in total. The molecule has 5 heteroatoms. The minimum absolute atomic E-state index is 0.125. The third kappa shape index (κ3) is 3.93. The second-order valence-corrected chi connectivity index (χ2v) is 3.39. The van der Waals surface area contributed by atoms with Gasteiger partial charge in [-0.05, 0) is 19.9 Å². The zero-order chi connectivity index (χ0) is 10.4. The van der Waals surface area contributed by atoms with E-state index in [2.05, 4.69) is 20.8 Å². The second-order valence-electron chi connectivity index (χ2n) is 3.39. The first kappa shape index (κ1) is 10.6. The lowest BCUT2D eigenvalue weighted by Crippen LogP contribution is -2.40. The van der Waals surface area contributed by atoms with E-state index in [1.165, 1.54) is 0 Å². The molecule has 2 amide bonds. The van der Waals surface area contributed by atoms with Crippen molar-refractivity contribution in [1.29, 1.82) is 0 Å². The van der Waals surface area contributed by atoms with Crippen LogP contribution in [0.15, 0.2) is 12.3 Å². The van der Waals surface area contributed by atoms with Gasteiger partial charge in [0, 0.05) is 30.9 Å². The van der Waals surface area contributed by atoms with E-state index in [0.29, 0.717) is 6.54 Å². The molecule has 3 N–H and O–H groups in total. The average Bonchev–Trinajstić information content (AvgIpc) is 2.55. The number of hydrogen-bond acceptors (Lipinski definition) is 2. The highest BCUT2D eigenvalue weighted by Crippen LogP contribution is 1.90. The van der Waals surface area contributed by atoms with Gasteiger partial charge in [-0.15, -0.1) is 0 Å². The van der Waals surface area contributed by atoms with Gasteiger partial charge in [-0.3, -0.25) is 5.10 Å². The molecular formula is C9H16N4O. The smallest absolute Gasteiger partial charge is 0.314 e. The van der Waals surface area contributed by atoms with Gasteiger partial charge in [-0.25, -0.2) is 4.79 Å². The number of nitrogens with zero attached hydrogens (tertiary/aromatic N) is 1. The van der Waals surface area contributed by atoms with E-state index in [1.807, 2.05) is 19.9 Å². The largest absolute Gasteiger partial charge is 0.338 e. The fourth-order valence-electron chi connectivity index (χ4n) is 1.05. The van der Waals surface area contributed by atoms with E-state index >= 15 is 0 Å². The molecule has 78 valence electrons. The average molecular weight is 196 g/mol. The van der Waals surface area contributed by atoms with Gasteiger partial charge in [0.15, 0.2) is 0 Å². The van der Waals surface area contributed by atoms with E-state index in [4.69, 9.17) is 0 Å². The van der Waals surface area contributed by atoms with Crippen LogP contribution >= 0.6 is 0 Å². The Morgan fingerprint density at radius 2 is 2.43 bits per heavy atom. The van der Waals surface area contributed by atoms with Crippen molar-refractivity contribution in [3.63, 3.8) is 0 Å². The Balaban J connectivity index is 2.12. The van der Waals surface area contributed by atoms with Crippen molar-refractivity contribution in [2.45, 2.75) is 26.3 Å². The molecule has 0 aliphatic heterocycles. The van der Waals surface area contributed by atoms with Crippen LogP contribution in [0, 0.1) is 0 Å². The van der Waals surface area contributed by atoms with Crippen molar-refractivity contribution in [1.82, 2.24) is 20.8 Å². The van der Waals surface area contributed by atoms with Crippen molar-refractivity contribution < 1.29 is 4.79 Å². The van der Waals surface area contributed by atoms with Crippen LogP contribution in [-0.2, 0) is 6.42 Å². The summed E-state index contributed by atoms with van der Waals surface area (Å²) in [5, 5.41) is 12.1. The van der Waals surface area contributed by atoms with Gasteiger partial charge < -0.3 is 10.6 Å². The van der Waals surface area contributed by atoms with Crippen LogP contribution in [0.3, 0.4) is 0 Å². The molecule has 0 atom stereocenters. The number of carbonyl (C=O) groups excluding carboxylic acids is 1. The van der Waals surface area contributed by atoms with Crippen molar-refractivity contribution in [2.24, 2.45) is 0 Å². The fraction of sp³-hybridized carbons (Fsp3) is 0.556. The van der Waals surface area contributed by atoms with E-state index in [9.17, 15) is 4.79 Å². The van der Waals surface area contributed by atoms with E-state index in [-0.39, 0.29) is 12.1 Å². The Hall–Kier alpha value is -1.52. The summed E-state index contributed by atoms with van der Waals surface area (Å²) < 4.78 is 0. The number of aromatic amines is 1. The van der Waals surface area contributed by atoms with Crippen molar-refractivity contribution in [2.75, 3.05) is 6.54 Å². The lowest BCUT2D eigenvalue weighted by Gasteiger charge is -2.09. The van der Waals surface area contributed by atoms with Gasteiger partial charge in [0.1, 0.15) is 0 Å². The van der Waals surface area contributed by atoms with Crippen molar-refractivity contribution >= 4 is 6.03 Å². The van der Waals surface area contributed by atoms with E-state index < -0.39 is 0 Å². The third-order valence-corrected chi connectivity index (χ3v) is 1.66. The van der Waals surface area contributed by atoms with Gasteiger partial charge in [-0.2, -0.15) is 5.10 Å².